The Morgan fingerprint density at radius 2 is 2.24 bits per heavy atom. The van der Waals surface area contributed by atoms with E-state index >= 15 is 0 Å². The Labute approximate surface area is 99.3 Å². The predicted octanol–water partition coefficient (Wildman–Crippen LogP) is 0.670. The van der Waals surface area contributed by atoms with Gasteiger partial charge in [-0.3, -0.25) is 9.78 Å². The number of pyridine rings is 1. The molecule has 2 N–H and O–H groups in total. The summed E-state index contributed by atoms with van der Waals surface area (Å²) in [4.78, 5) is 27.7. The molecule has 0 bridgehead atoms. The average Bonchev–Trinajstić information content (AvgIpc) is 2.35. The number of likely N-dealkylation sites (N-methyl/N-ethyl adjacent to an activating group) is 1. The molecular weight excluding hydrogens is 222 g/mol. The largest absolute Gasteiger partial charge is 0.478 e. The van der Waals surface area contributed by atoms with Crippen LogP contribution in [0.4, 0.5) is 5.69 Å². The first-order valence-electron chi connectivity index (χ1n) is 5.21. The predicted molar refractivity (Wildman–Crippen MR) is 63.0 cm³/mol. The van der Waals surface area contributed by atoms with Gasteiger partial charge in [0.05, 0.1) is 12.2 Å². The highest BCUT2D eigenvalue weighted by Gasteiger charge is 2.11. The zero-order chi connectivity index (χ0) is 12.8. The third-order valence-corrected chi connectivity index (χ3v) is 2.38. The fourth-order valence-corrected chi connectivity index (χ4v) is 1.20. The molecule has 0 aliphatic carbocycles. The van der Waals surface area contributed by atoms with Gasteiger partial charge in [0.1, 0.15) is 5.56 Å². The van der Waals surface area contributed by atoms with E-state index in [1.807, 2.05) is 6.92 Å². The van der Waals surface area contributed by atoms with Crippen LogP contribution in [0.3, 0.4) is 0 Å². The van der Waals surface area contributed by atoms with Crippen LogP contribution in [-0.2, 0) is 4.79 Å². The quantitative estimate of drug-likeness (QED) is 0.786. The van der Waals surface area contributed by atoms with Crippen molar-refractivity contribution < 1.29 is 14.7 Å². The molecule has 6 heteroatoms. The fourth-order valence-electron chi connectivity index (χ4n) is 1.20. The molecule has 0 aliphatic heterocycles. The van der Waals surface area contributed by atoms with E-state index < -0.39 is 5.97 Å². The lowest BCUT2D eigenvalue weighted by Crippen LogP contribution is -2.32. The first kappa shape index (κ1) is 13.0. The Kier molecular flexibility index (Phi) is 4.45. The van der Waals surface area contributed by atoms with E-state index in [4.69, 9.17) is 5.11 Å². The third-order valence-electron chi connectivity index (χ3n) is 2.38. The van der Waals surface area contributed by atoms with Gasteiger partial charge in [0.2, 0.25) is 5.91 Å². The fraction of sp³-hybridized carbons (Fsp3) is 0.364. The van der Waals surface area contributed by atoms with E-state index in [0.717, 1.165) is 0 Å². The summed E-state index contributed by atoms with van der Waals surface area (Å²) in [5.74, 6) is -1.17. The van der Waals surface area contributed by atoms with Crippen LogP contribution in [0, 0.1) is 0 Å². The van der Waals surface area contributed by atoms with Crippen molar-refractivity contribution in [1.82, 2.24) is 9.88 Å². The van der Waals surface area contributed by atoms with Crippen molar-refractivity contribution in [2.24, 2.45) is 0 Å². The maximum absolute atomic E-state index is 11.5. The van der Waals surface area contributed by atoms with Gasteiger partial charge in [-0.05, 0) is 13.0 Å². The molecule has 0 saturated heterocycles. The van der Waals surface area contributed by atoms with E-state index in [1.54, 1.807) is 11.9 Å². The first-order valence-corrected chi connectivity index (χ1v) is 5.21. The SMILES string of the molecule is CCN(C)C(=O)CNc1ccncc1C(=O)O. The van der Waals surface area contributed by atoms with Crippen LogP contribution in [0.5, 0.6) is 0 Å². The Balaban J connectivity index is 2.69. The van der Waals surface area contributed by atoms with Crippen LogP contribution >= 0.6 is 0 Å². The summed E-state index contributed by atoms with van der Waals surface area (Å²) < 4.78 is 0. The summed E-state index contributed by atoms with van der Waals surface area (Å²) in [6.45, 7) is 2.55. The van der Waals surface area contributed by atoms with E-state index in [2.05, 4.69) is 10.3 Å². The molecule has 1 aromatic rings. The molecule has 0 fully saturated rings. The number of hydrogen-bond acceptors (Lipinski definition) is 4. The van der Waals surface area contributed by atoms with Crippen LogP contribution in [0.2, 0.25) is 0 Å². The van der Waals surface area contributed by atoms with Crippen molar-refractivity contribution in [2.75, 3.05) is 25.5 Å². The molecule has 0 aromatic carbocycles. The molecule has 1 rings (SSSR count). The lowest BCUT2D eigenvalue weighted by atomic mass is 10.2. The Morgan fingerprint density at radius 1 is 1.53 bits per heavy atom. The van der Waals surface area contributed by atoms with Gasteiger partial charge in [0.15, 0.2) is 0 Å². The van der Waals surface area contributed by atoms with Gasteiger partial charge in [-0.2, -0.15) is 0 Å². The Bertz CT molecular complexity index is 420. The summed E-state index contributed by atoms with van der Waals surface area (Å²) in [5, 5.41) is 11.7. The minimum atomic E-state index is -1.07. The van der Waals surface area contributed by atoms with Crippen LogP contribution in [-0.4, -0.2) is 47.0 Å². The number of nitrogens with zero attached hydrogens (tertiary/aromatic N) is 2. The minimum Gasteiger partial charge on any atom is -0.478 e. The molecule has 0 saturated carbocycles. The topological polar surface area (TPSA) is 82.5 Å². The van der Waals surface area contributed by atoms with Crippen molar-refractivity contribution in [2.45, 2.75) is 6.92 Å². The lowest BCUT2D eigenvalue weighted by molar-refractivity contribution is -0.127. The van der Waals surface area contributed by atoms with Crippen molar-refractivity contribution >= 4 is 17.6 Å². The zero-order valence-corrected chi connectivity index (χ0v) is 9.80. The van der Waals surface area contributed by atoms with Gasteiger partial charge >= 0.3 is 5.97 Å². The molecule has 0 spiro atoms. The minimum absolute atomic E-state index is 0.0550. The highest BCUT2D eigenvalue weighted by atomic mass is 16.4. The number of nitrogens with one attached hydrogen (secondary N) is 1. The van der Waals surface area contributed by atoms with Crippen molar-refractivity contribution in [3.63, 3.8) is 0 Å². The number of amides is 1. The number of aromatic nitrogens is 1. The number of carbonyl (C=O) groups excluding carboxylic acids is 1. The number of carbonyl (C=O) groups is 2. The summed E-state index contributed by atoms with van der Waals surface area (Å²) in [6, 6.07) is 1.53. The summed E-state index contributed by atoms with van der Waals surface area (Å²) in [5.41, 5.74) is 0.449. The van der Waals surface area contributed by atoms with Crippen LogP contribution in [0.15, 0.2) is 18.5 Å². The molecule has 92 valence electrons. The van der Waals surface area contributed by atoms with E-state index in [0.29, 0.717) is 12.2 Å². The zero-order valence-electron chi connectivity index (χ0n) is 9.80. The number of rotatable bonds is 5. The molecule has 17 heavy (non-hydrogen) atoms. The second-order valence-corrected chi connectivity index (χ2v) is 3.49. The average molecular weight is 237 g/mol. The van der Waals surface area contributed by atoms with E-state index in [9.17, 15) is 9.59 Å². The normalized spacial score (nSPS) is 9.76. The molecular formula is C11H15N3O3. The standard InChI is InChI=1S/C11H15N3O3/c1-3-14(2)10(15)7-13-9-4-5-12-6-8(9)11(16)17/h4-6H,3,7H2,1-2H3,(H,12,13)(H,16,17). The second-order valence-electron chi connectivity index (χ2n) is 3.49. The molecule has 0 aliphatic rings. The molecule has 6 nitrogen and oxygen atoms in total. The maximum atomic E-state index is 11.5. The van der Waals surface area contributed by atoms with E-state index in [1.165, 1.54) is 18.5 Å². The highest BCUT2D eigenvalue weighted by Crippen LogP contribution is 2.12. The van der Waals surface area contributed by atoms with Gasteiger partial charge in [0, 0.05) is 26.0 Å². The van der Waals surface area contributed by atoms with Gasteiger partial charge in [0.25, 0.3) is 0 Å². The van der Waals surface area contributed by atoms with Gasteiger partial charge in [-0.15, -0.1) is 0 Å². The summed E-state index contributed by atoms with van der Waals surface area (Å²) in [6.07, 6.45) is 2.72. The lowest BCUT2D eigenvalue weighted by Gasteiger charge is -2.15. The monoisotopic (exact) mass is 237 g/mol. The third kappa shape index (κ3) is 3.44. The molecule has 0 atom stereocenters. The Hall–Kier alpha value is -2.11. The molecule has 1 heterocycles. The first-order chi connectivity index (χ1) is 8.06. The Morgan fingerprint density at radius 3 is 2.82 bits per heavy atom. The summed E-state index contributed by atoms with van der Waals surface area (Å²) in [7, 11) is 1.69. The number of carboxylic acids is 1. The molecule has 1 aromatic heterocycles. The van der Waals surface area contributed by atoms with E-state index in [-0.39, 0.29) is 18.0 Å². The summed E-state index contributed by atoms with van der Waals surface area (Å²) >= 11 is 0. The van der Waals surface area contributed by atoms with Gasteiger partial charge < -0.3 is 15.3 Å². The highest BCUT2D eigenvalue weighted by molar-refractivity contribution is 5.94. The number of anilines is 1. The van der Waals surface area contributed by atoms with Crippen molar-refractivity contribution in [3.05, 3.63) is 24.0 Å². The molecule has 0 unspecified atom stereocenters. The molecule has 0 radical (unpaired) electrons. The molecule has 1 amide bonds. The van der Waals surface area contributed by atoms with Gasteiger partial charge in [-0.1, -0.05) is 0 Å². The number of aromatic carboxylic acids is 1. The van der Waals surface area contributed by atoms with Crippen LogP contribution < -0.4 is 5.32 Å². The number of carboxylic acid groups (broad SMARTS) is 1. The second kappa shape index (κ2) is 5.83. The van der Waals surface area contributed by atoms with Crippen LogP contribution in [0.1, 0.15) is 17.3 Å². The maximum Gasteiger partial charge on any atom is 0.339 e. The van der Waals surface area contributed by atoms with Crippen LogP contribution in [0.25, 0.3) is 0 Å². The van der Waals surface area contributed by atoms with Gasteiger partial charge in [-0.25, -0.2) is 4.79 Å². The van der Waals surface area contributed by atoms with Crippen molar-refractivity contribution in [1.29, 1.82) is 0 Å². The smallest absolute Gasteiger partial charge is 0.339 e. The van der Waals surface area contributed by atoms with Crippen molar-refractivity contribution in [3.8, 4) is 0 Å². The number of hydrogen-bond donors (Lipinski definition) is 2.